The smallest absolute Gasteiger partial charge is 0.260 e. The van der Waals surface area contributed by atoms with Gasteiger partial charge in [-0.25, -0.2) is 10.4 Å². The van der Waals surface area contributed by atoms with Crippen molar-refractivity contribution >= 4 is 17.7 Å². The van der Waals surface area contributed by atoms with Crippen molar-refractivity contribution in [3.63, 3.8) is 0 Å². The Morgan fingerprint density at radius 3 is 2.75 bits per heavy atom. The van der Waals surface area contributed by atoms with Crippen LogP contribution < -0.4 is 16.9 Å². The summed E-state index contributed by atoms with van der Waals surface area (Å²) in [6.07, 6.45) is 9.39. The Hall–Kier alpha value is -3.01. The summed E-state index contributed by atoms with van der Waals surface area (Å²) in [4.78, 5) is 21.6. The van der Waals surface area contributed by atoms with E-state index in [9.17, 15) is 4.79 Å². The van der Waals surface area contributed by atoms with Gasteiger partial charge in [0.05, 0.1) is 18.2 Å². The number of nitrogen functional groups attached to an aromatic ring is 2. The zero-order valence-electron chi connectivity index (χ0n) is 21.4. The number of hydrazine groups is 1. The lowest BCUT2D eigenvalue weighted by Crippen LogP contribution is -2.48. The largest absolute Gasteiger partial charge is 0.383 e. The highest BCUT2D eigenvalue weighted by Gasteiger charge is 2.38. The van der Waals surface area contributed by atoms with Gasteiger partial charge in [-0.05, 0) is 42.7 Å². The van der Waals surface area contributed by atoms with Gasteiger partial charge in [0.1, 0.15) is 5.82 Å². The molecule has 1 aliphatic heterocycles. The molecule has 1 amide bonds. The van der Waals surface area contributed by atoms with Gasteiger partial charge < -0.3 is 20.9 Å². The highest BCUT2D eigenvalue weighted by molar-refractivity contribution is 5.87. The average molecular weight is 495 g/mol. The zero-order chi connectivity index (χ0) is 25.7. The molecule has 36 heavy (non-hydrogen) atoms. The Morgan fingerprint density at radius 2 is 2.03 bits per heavy atom. The predicted molar refractivity (Wildman–Crippen MR) is 139 cm³/mol. The number of rotatable bonds is 8. The van der Waals surface area contributed by atoms with E-state index in [1.807, 2.05) is 18.2 Å². The van der Waals surface area contributed by atoms with Gasteiger partial charge in [0.15, 0.2) is 0 Å². The first kappa shape index (κ1) is 26.1. The van der Waals surface area contributed by atoms with E-state index in [2.05, 4.69) is 34.5 Å². The Morgan fingerprint density at radius 1 is 1.22 bits per heavy atom. The van der Waals surface area contributed by atoms with Gasteiger partial charge in [-0.3, -0.25) is 9.80 Å². The van der Waals surface area contributed by atoms with E-state index in [-0.39, 0.29) is 41.9 Å². The van der Waals surface area contributed by atoms with E-state index in [0.29, 0.717) is 18.8 Å². The SMILES string of the molecule is CCC[C@H]1c2ccccc2CNN1C(=O)/C=C/C1CC(Cc2cnc(N)nc2N)CC(OC)C1OC. The highest BCUT2D eigenvalue weighted by Crippen LogP contribution is 2.37. The summed E-state index contributed by atoms with van der Waals surface area (Å²) in [6.45, 7) is 2.78. The van der Waals surface area contributed by atoms with Gasteiger partial charge in [0, 0.05) is 44.5 Å². The molecule has 1 aromatic heterocycles. The number of hydrogen-bond acceptors (Lipinski definition) is 8. The number of methoxy groups -OCH3 is 2. The molecule has 1 aromatic carbocycles. The lowest BCUT2D eigenvalue weighted by molar-refractivity contribution is -0.133. The second-order valence-electron chi connectivity index (χ2n) is 9.72. The number of nitrogens with two attached hydrogens (primary N) is 2. The summed E-state index contributed by atoms with van der Waals surface area (Å²) < 4.78 is 11.7. The van der Waals surface area contributed by atoms with Crippen LogP contribution in [-0.2, 0) is 27.2 Å². The maximum absolute atomic E-state index is 13.4. The molecule has 9 heteroatoms. The first-order chi connectivity index (χ1) is 17.4. The van der Waals surface area contributed by atoms with Crippen molar-refractivity contribution in [1.82, 2.24) is 20.4 Å². The number of nitrogens with one attached hydrogen (secondary N) is 1. The molecule has 0 bridgehead atoms. The Bertz CT molecular complexity index is 1080. The fourth-order valence-corrected chi connectivity index (χ4v) is 5.68. The van der Waals surface area contributed by atoms with Gasteiger partial charge in [0.2, 0.25) is 5.95 Å². The number of nitrogens with zero attached hydrogens (tertiary/aromatic N) is 3. The number of fused-ring (bicyclic) bond motifs is 1. The Kier molecular flexibility index (Phi) is 8.56. The third kappa shape index (κ3) is 5.69. The van der Waals surface area contributed by atoms with Gasteiger partial charge in [0.25, 0.3) is 5.91 Å². The lowest BCUT2D eigenvalue weighted by Gasteiger charge is -2.40. The van der Waals surface area contributed by atoms with Gasteiger partial charge >= 0.3 is 0 Å². The molecule has 5 N–H and O–H groups in total. The van der Waals surface area contributed by atoms with Crippen LogP contribution in [0.3, 0.4) is 0 Å². The Balaban J connectivity index is 1.51. The number of hydrogen-bond donors (Lipinski definition) is 3. The number of amides is 1. The highest BCUT2D eigenvalue weighted by atomic mass is 16.5. The van der Waals surface area contributed by atoms with Crippen LogP contribution in [0.1, 0.15) is 55.3 Å². The third-order valence-corrected chi connectivity index (χ3v) is 7.41. The maximum atomic E-state index is 13.4. The molecular weight excluding hydrogens is 456 g/mol. The van der Waals surface area contributed by atoms with Crippen LogP contribution in [0.2, 0.25) is 0 Å². The van der Waals surface area contributed by atoms with E-state index in [4.69, 9.17) is 20.9 Å². The van der Waals surface area contributed by atoms with Crippen LogP contribution in [0.25, 0.3) is 0 Å². The van der Waals surface area contributed by atoms with Crippen molar-refractivity contribution in [2.24, 2.45) is 11.8 Å². The van der Waals surface area contributed by atoms with Crippen molar-refractivity contribution in [3.05, 3.63) is 59.3 Å². The molecule has 2 heterocycles. The minimum absolute atomic E-state index is 0.00893. The molecule has 9 nitrogen and oxygen atoms in total. The average Bonchev–Trinajstić information content (AvgIpc) is 2.88. The summed E-state index contributed by atoms with van der Waals surface area (Å²) in [5.74, 6) is 0.814. The molecule has 4 unspecified atom stereocenters. The summed E-state index contributed by atoms with van der Waals surface area (Å²) in [5.41, 5.74) is 18.4. The summed E-state index contributed by atoms with van der Waals surface area (Å²) in [6, 6.07) is 8.35. The fourth-order valence-electron chi connectivity index (χ4n) is 5.68. The van der Waals surface area contributed by atoms with Crippen LogP contribution in [0, 0.1) is 11.8 Å². The summed E-state index contributed by atoms with van der Waals surface area (Å²) in [7, 11) is 3.40. The summed E-state index contributed by atoms with van der Waals surface area (Å²) in [5, 5.41) is 1.78. The molecule has 1 saturated carbocycles. The Labute approximate surface area is 213 Å². The molecule has 0 saturated heterocycles. The molecule has 0 radical (unpaired) electrons. The molecule has 1 aliphatic carbocycles. The van der Waals surface area contributed by atoms with Crippen LogP contribution in [-0.4, -0.2) is 47.3 Å². The van der Waals surface area contributed by atoms with Crippen LogP contribution >= 0.6 is 0 Å². The molecule has 2 aromatic rings. The molecule has 5 atom stereocenters. The topological polar surface area (TPSA) is 129 Å². The normalized spacial score (nSPS) is 26.2. The van der Waals surface area contributed by atoms with Gasteiger partial charge in [-0.15, -0.1) is 0 Å². The summed E-state index contributed by atoms with van der Waals surface area (Å²) >= 11 is 0. The van der Waals surface area contributed by atoms with E-state index in [1.54, 1.807) is 31.5 Å². The first-order valence-electron chi connectivity index (χ1n) is 12.7. The number of ether oxygens (including phenoxy) is 2. The predicted octanol–water partition coefficient (Wildman–Crippen LogP) is 3.18. The number of carbonyl (C=O) groups excluding carboxylic acids is 1. The molecule has 4 rings (SSSR count). The van der Waals surface area contributed by atoms with Crippen molar-refractivity contribution in [2.75, 3.05) is 25.7 Å². The maximum Gasteiger partial charge on any atom is 0.260 e. The molecule has 194 valence electrons. The van der Waals surface area contributed by atoms with E-state index >= 15 is 0 Å². The van der Waals surface area contributed by atoms with Crippen LogP contribution in [0.4, 0.5) is 11.8 Å². The quantitative estimate of drug-likeness (QED) is 0.477. The first-order valence-corrected chi connectivity index (χ1v) is 12.7. The van der Waals surface area contributed by atoms with Crippen LogP contribution in [0.15, 0.2) is 42.6 Å². The minimum atomic E-state index is -0.142. The van der Waals surface area contributed by atoms with Gasteiger partial charge in [-0.2, -0.15) is 4.98 Å². The van der Waals surface area contributed by atoms with E-state index in [0.717, 1.165) is 31.2 Å². The second-order valence-corrected chi connectivity index (χ2v) is 9.72. The molecular formula is C27H38N6O3. The third-order valence-electron chi connectivity index (χ3n) is 7.41. The van der Waals surface area contributed by atoms with E-state index in [1.165, 1.54) is 11.1 Å². The number of carbonyl (C=O) groups is 1. The van der Waals surface area contributed by atoms with Crippen molar-refractivity contribution in [1.29, 1.82) is 0 Å². The monoisotopic (exact) mass is 494 g/mol. The lowest BCUT2D eigenvalue weighted by atomic mass is 9.75. The fraction of sp³-hybridized carbons (Fsp3) is 0.519. The van der Waals surface area contributed by atoms with E-state index < -0.39 is 0 Å². The standard InChI is InChI=1S/C27H38N6O3/c1-4-7-22-21-9-6-5-8-19(21)16-31-33(22)24(34)11-10-18-12-17(14-23(35-2)25(18)36-3)13-20-15-30-27(29)32-26(20)28/h5-6,8-11,15,17-18,22-23,25,31H,4,7,12-14,16H2,1-3H3,(H4,28,29,30,32)/b11-10+/t17?,18?,22-,23?,25?/m0/s1. The molecule has 1 fully saturated rings. The van der Waals surface area contributed by atoms with Gasteiger partial charge in [-0.1, -0.05) is 43.7 Å². The van der Waals surface area contributed by atoms with Crippen molar-refractivity contribution < 1.29 is 14.3 Å². The number of benzene rings is 1. The van der Waals surface area contributed by atoms with Crippen LogP contribution in [0.5, 0.6) is 0 Å². The number of aromatic nitrogens is 2. The van der Waals surface area contributed by atoms with Crippen molar-refractivity contribution in [2.45, 2.75) is 63.8 Å². The second kappa shape index (κ2) is 11.8. The zero-order valence-corrected chi connectivity index (χ0v) is 21.4. The van der Waals surface area contributed by atoms with Crippen molar-refractivity contribution in [3.8, 4) is 0 Å². The number of anilines is 2. The minimum Gasteiger partial charge on any atom is -0.383 e. The molecule has 2 aliphatic rings. The molecule has 0 spiro atoms.